The minimum Gasteiger partial charge on any atom is -0.348 e. The zero-order valence-corrected chi connectivity index (χ0v) is 16.8. The molecule has 2 heterocycles. The second-order valence-electron chi connectivity index (χ2n) is 6.38. The molecule has 0 radical (unpaired) electrons. The van der Waals surface area contributed by atoms with Crippen molar-refractivity contribution in [2.24, 2.45) is 0 Å². The molecule has 144 valence electrons. The fourth-order valence-electron chi connectivity index (χ4n) is 3.46. The van der Waals surface area contributed by atoms with Crippen LogP contribution in [0.3, 0.4) is 0 Å². The standard InChI is InChI=1S/C18H20N6O.2H2S/c25-18(17-16(19-10-20-17)13-4-2-1-3-5-13)23-14-6-8-15(9-7-14)24-11-21-22-12-24;;/h1-5,10-12,14-15H,6-9H2,(H,19,20)(H,23,25);2*1H2. The van der Waals surface area contributed by atoms with E-state index in [1.807, 2.05) is 30.3 Å². The van der Waals surface area contributed by atoms with E-state index >= 15 is 0 Å². The predicted octanol–water partition coefficient (Wildman–Crippen LogP) is 2.81. The number of rotatable bonds is 4. The van der Waals surface area contributed by atoms with Crippen LogP contribution in [-0.2, 0) is 0 Å². The Morgan fingerprint density at radius 3 is 2.37 bits per heavy atom. The van der Waals surface area contributed by atoms with Gasteiger partial charge in [0.2, 0.25) is 0 Å². The van der Waals surface area contributed by atoms with Crippen LogP contribution in [0.5, 0.6) is 0 Å². The first-order valence-electron chi connectivity index (χ1n) is 8.55. The lowest BCUT2D eigenvalue weighted by Crippen LogP contribution is -2.38. The summed E-state index contributed by atoms with van der Waals surface area (Å²) in [7, 11) is 0. The van der Waals surface area contributed by atoms with Crippen LogP contribution in [0, 0.1) is 0 Å². The number of aromatic nitrogens is 5. The zero-order valence-electron chi connectivity index (χ0n) is 14.8. The average molecular weight is 405 g/mol. The average Bonchev–Trinajstić information content (AvgIpc) is 3.35. The highest BCUT2D eigenvalue weighted by atomic mass is 32.1. The largest absolute Gasteiger partial charge is 0.348 e. The number of benzene rings is 1. The molecule has 2 N–H and O–H groups in total. The van der Waals surface area contributed by atoms with Gasteiger partial charge in [-0.3, -0.25) is 4.79 Å². The number of carbonyl (C=O) groups is 1. The summed E-state index contributed by atoms with van der Waals surface area (Å²) in [5, 5.41) is 10.9. The smallest absolute Gasteiger partial charge is 0.270 e. The number of nitrogens with one attached hydrogen (secondary N) is 2. The van der Waals surface area contributed by atoms with E-state index in [2.05, 4.69) is 30.0 Å². The Morgan fingerprint density at radius 1 is 1.04 bits per heavy atom. The van der Waals surface area contributed by atoms with Crippen LogP contribution in [0.2, 0.25) is 0 Å². The van der Waals surface area contributed by atoms with Gasteiger partial charge in [0.05, 0.1) is 6.33 Å². The number of hydrogen-bond acceptors (Lipinski definition) is 4. The van der Waals surface area contributed by atoms with Crippen LogP contribution in [0.4, 0.5) is 0 Å². The predicted molar refractivity (Wildman–Crippen MR) is 114 cm³/mol. The summed E-state index contributed by atoms with van der Waals surface area (Å²) in [5.41, 5.74) is 2.15. The first-order valence-corrected chi connectivity index (χ1v) is 8.55. The fraction of sp³-hybridized carbons (Fsp3) is 0.333. The van der Waals surface area contributed by atoms with Crippen molar-refractivity contribution >= 4 is 32.9 Å². The van der Waals surface area contributed by atoms with Crippen molar-refractivity contribution in [3.05, 3.63) is 55.0 Å². The van der Waals surface area contributed by atoms with Crippen molar-refractivity contribution in [1.82, 2.24) is 30.0 Å². The minimum absolute atomic E-state index is 0. The minimum atomic E-state index is -0.0934. The summed E-state index contributed by atoms with van der Waals surface area (Å²) < 4.78 is 2.06. The number of imidazole rings is 1. The summed E-state index contributed by atoms with van der Waals surface area (Å²) in [4.78, 5) is 20.0. The van der Waals surface area contributed by atoms with E-state index in [4.69, 9.17) is 0 Å². The van der Waals surface area contributed by atoms with Crippen molar-refractivity contribution in [1.29, 1.82) is 0 Å². The molecule has 1 aliphatic rings. The van der Waals surface area contributed by atoms with E-state index in [1.54, 1.807) is 19.0 Å². The number of aromatic amines is 1. The molecule has 1 aromatic carbocycles. The van der Waals surface area contributed by atoms with Crippen molar-refractivity contribution in [3.63, 3.8) is 0 Å². The van der Waals surface area contributed by atoms with Gasteiger partial charge < -0.3 is 14.9 Å². The van der Waals surface area contributed by atoms with Crippen molar-refractivity contribution in [2.45, 2.75) is 37.8 Å². The number of nitrogens with zero attached hydrogens (tertiary/aromatic N) is 4. The fourth-order valence-corrected chi connectivity index (χ4v) is 3.46. The number of H-pyrrole nitrogens is 1. The molecule has 2 aromatic heterocycles. The Kier molecular flexibility index (Phi) is 7.49. The lowest BCUT2D eigenvalue weighted by atomic mass is 9.91. The van der Waals surface area contributed by atoms with Gasteiger partial charge in [-0.25, -0.2) is 4.98 Å². The van der Waals surface area contributed by atoms with Gasteiger partial charge in [0.15, 0.2) is 0 Å². The highest BCUT2D eigenvalue weighted by molar-refractivity contribution is 7.59. The Morgan fingerprint density at radius 2 is 1.70 bits per heavy atom. The van der Waals surface area contributed by atoms with Gasteiger partial charge in [-0.05, 0) is 25.7 Å². The monoisotopic (exact) mass is 404 g/mol. The van der Waals surface area contributed by atoms with Crippen LogP contribution < -0.4 is 5.32 Å². The molecular weight excluding hydrogens is 380 g/mol. The molecule has 7 nitrogen and oxygen atoms in total. The molecule has 0 unspecified atom stereocenters. The summed E-state index contributed by atoms with van der Waals surface area (Å²) >= 11 is 0. The second-order valence-corrected chi connectivity index (χ2v) is 6.38. The summed E-state index contributed by atoms with van der Waals surface area (Å²) in [5.74, 6) is -0.0934. The Balaban J connectivity index is 0.00000131. The number of amides is 1. The van der Waals surface area contributed by atoms with Crippen LogP contribution in [0.1, 0.15) is 42.2 Å². The van der Waals surface area contributed by atoms with Gasteiger partial charge >= 0.3 is 0 Å². The molecule has 0 saturated heterocycles. The zero-order chi connectivity index (χ0) is 17.1. The van der Waals surface area contributed by atoms with E-state index in [1.165, 1.54) is 0 Å². The maximum atomic E-state index is 12.7. The summed E-state index contributed by atoms with van der Waals surface area (Å²) in [6, 6.07) is 10.4. The topological polar surface area (TPSA) is 88.5 Å². The molecule has 9 heteroatoms. The molecule has 0 bridgehead atoms. The third-order valence-electron chi connectivity index (χ3n) is 4.80. The molecule has 0 atom stereocenters. The lowest BCUT2D eigenvalue weighted by Gasteiger charge is -2.29. The third kappa shape index (κ3) is 4.72. The highest BCUT2D eigenvalue weighted by Crippen LogP contribution is 2.28. The van der Waals surface area contributed by atoms with E-state index in [9.17, 15) is 4.79 Å². The Hall–Kier alpha value is -2.26. The second kappa shape index (κ2) is 9.61. The van der Waals surface area contributed by atoms with Gasteiger partial charge in [-0.2, -0.15) is 27.0 Å². The molecular formula is C18H24N6OS2. The van der Waals surface area contributed by atoms with Crippen LogP contribution >= 0.6 is 27.0 Å². The summed E-state index contributed by atoms with van der Waals surface area (Å²) in [6.45, 7) is 0. The van der Waals surface area contributed by atoms with Crippen LogP contribution in [0.15, 0.2) is 49.3 Å². The maximum absolute atomic E-state index is 12.7. The Bertz CT molecular complexity index is 829. The number of hydrogen-bond donors (Lipinski definition) is 2. The van der Waals surface area contributed by atoms with Gasteiger partial charge in [-0.1, -0.05) is 30.3 Å². The highest BCUT2D eigenvalue weighted by Gasteiger charge is 2.25. The first kappa shape index (κ1) is 21.0. The van der Waals surface area contributed by atoms with Crippen LogP contribution in [0.25, 0.3) is 11.3 Å². The maximum Gasteiger partial charge on any atom is 0.270 e. The van der Waals surface area contributed by atoms with E-state index in [-0.39, 0.29) is 38.9 Å². The first-order chi connectivity index (χ1) is 12.3. The van der Waals surface area contributed by atoms with Crippen molar-refractivity contribution in [3.8, 4) is 11.3 Å². The number of carbonyl (C=O) groups excluding carboxylic acids is 1. The molecule has 1 aliphatic carbocycles. The van der Waals surface area contributed by atoms with Crippen LogP contribution in [-0.4, -0.2) is 36.7 Å². The molecule has 0 aliphatic heterocycles. The van der Waals surface area contributed by atoms with E-state index < -0.39 is 0 Å². The van der Waals surface area contributed by atoms with Gasteiger partial charge in [0.1, 0.15) is 24.0 Å². The molecule has 1 saturated carbocycles. The van der Waals surface area contributed by atoms with Crippen molar-refractivity contribution < 1.29 is 4.79 Å². The molecule has 1 amide bonds. The summed E-state index contributed by atoms with van der Waals surface area (Å²) in [6.07, 6.45) is 9.02. The quantitative estimate of drug-likeness (QED) is 0.700. The molecule has 1 fully saturated rings. The van der Waals surface area contributed by atoms with Gasteiger partial charge in [0, 0.05) is 17.6 Å². The third-order valence-corrected chi connectivity index (χ3v) is 4.80. The Labute approximate surface area is 171 Å². The molecule has 3 aromatic rings. The molecule has 27 heavy (non-hydrogen) atoms. The van der Waals surface area contributed by atoms with Crippen molar-refractivity contribution in [2.75, 3.05) is 0 Å². The van der Waals surface area contributed by atoms with E-state index in [0.717, 1.165) is 31.2 Å². The van der Waals surface area contributed by atoms with Gasteiger partial charge in [0.25, 0.3) is 5.91 Å². The normalized spacial score (nSPS) is 18.8. The lowest BCUT2D eigenvalue weighted by molar-refractivity contribution is 0.0918. The van der Waals surface area contributed by atoms with E-state index in [0.29, 0.717) is 17.4 Å². The van der Waals surface area contributed by atoms with Gasteiger partial charge in [-0.15, -0.1) is 10.2 Å². The molecule has 4 rings (SSSR count). The SMILES string of the molecule is O=C(NC1CCC(n2cnnc2)CC1)c1[nH]cnc1-c1ccccc1.S.S. The molecule has 0 spiro atoms.